The molecule has 1 atom stereocenters. The maximum Gasteiger partial charge on any atom is 0.226 e. The van der Waals surface area contributed by atoms with E-state index in [1.165, 1.54) is 24.8 Å². The standard InChI is InChI=1S/C24H36N2O3/c1-28-15-14-26(23(27)21-16-24(21)10-5-11-24)17-19-8-12-25(13-9-19)18-20-6-3-4-7-22(20)29-2/h3-4,6-7,19,21H,5,8-18H2,1-2H3/t21-/m0/s1. The summed E-state index contributed by atoms with van der Waals surface area (Å²) in [5.41, 5.74) is 1.66. The minimum atomic E-state index is 0.304. The van der Waals surface area contributed by atoms with Crippen molar-refractivity contribution in [2.45, 2.75) is 45.1 Å². The summed E-state index contributed by atoms with van der Waals surface area (Å²) in [6.07, 6.45) is 7.29. The number of ether oxygens (including phenoxy) is 2. The third-order valence-corrected chi connectivity index (χ3v) is 7.49. The lowest BCUT2D eigenvalue weighted by Crippen LogP contribution is -2.43. The summed E-state index contributed by atoms with van der Waals surface area (Å²) in [6, 6.07) is 8.29. The monoisotopic (exact) mass is 400 g/mol. The number of carbonyl (C=O) groups excluding carboxylic acids is 1. The summed E-state index contributed by atoms with van der Waals surface area (Å²) in [4.78, 5) is 17.8. The molecular weight excluding hydrogens is 364 g/mol. The van der Waals surface area contributed by atoms with E-state index in [4.69, 9.17) is 9.47 Å². The first-order valence-electron chi connectivity index (χ1n) is 11.3. The van der Waals surface area contributed by atoms with E-state index in [9.17, 15) is 4.79 Å². The van der Waals surface area contributed by atoms with E-state index >= 15 is 0 Å². The number of rotatable bonds is 9. The van der Waals surface area contributed by atoms with Crippen LogP contribution in [0, 0.1) is 17.3 Å². The van der Waals surface area contributed by atoms with Gasteiger partial charge in [-0.2, -0.15) is 0 Å². The van der Waals surface area contributed by atoms with Gasteiger partial charge in [-0.15, -0.1) is 0 Å². The number of amides is 1. The molecular formula is C24H36N2O3. The van der Waals surface area contributed by atoms with Gasteiger partial charge in [0.25, 0.3) is 0 Å². The summed E-state index contributed by atoms with van der Waals surface area (Å²) in [5.74, 6) is 2.28. The highest BCUT2D eigenvalue weighted by molar-refractivity contribution is 5.83. The van der Waals surface area contributed by atoms with E-state index in [2.05, 4.69) is 21.9 Å². The number of likely N-dealkylation sites (tertiary alicyclic amines) is 1. The Balaban J connectivity index is 1.28. The Labute approximate surface area is 175 Å². The minimum absolute atomic E-state index is 0.304. The Kier molecular flexibility index (Phi) is 6.45. The molecule has 0 aromatic heterocycles. The van der Waals surface area contributed by atoms with Crippen molar-refractivity contribution in [2.75, 3.05) is 47.0 Å². The van der Waals surface area contributed by atoms with Crippen LogP contribution in [0.3, 0.4) is 0 Å². The molecule has 5 heteroatoms. The van der Waals surface area contributed by atoms with Crippen LogP contribution >= 0.6 is 0 Å². The second kappa shape index (κ2) is 9.05. The van der Waals surface area contributed by atoms with E-state index in [1.807, 2.05) is 12.1 Å². The van der Waals surface area contributed by atoms with Crippen LogP contribution in [0.2, 0.25) is 0 Å². The van der Waals surface area contributed by atoms with Crippen LogP contribution in [-0.4, -0.2) is 62.7 Å². The molecule has 5 nitrogen and oxygen atoms in total. The van der Waals surface area contributed by atoms with Crippen molar-refractivity contribution in [3.63, 3.8) is 0 Å². The average molecular weight is 401 g/mol. The Morgan fingerprint density at radius 1 is 1.21 bits per heavy atom. The summed E-state index contributed by atoms with van der Waals surface area (Å²) in [5, 5.41) is 0. The lowest BCUT2D eigenvalue weighted by Gasteiger charge is -2.36. The number of carbonyl (C=O) groups is 1. The molecule has 3 aliphatic rings. The molecule has 1 heterocycles. The maximum absolute atomic E-state index is 13.1. The molecule has 3 fully saturated rings. The van der Waals surface area contributed by atoms with Gasteiger partial charge >= 0.3 is 0 Å². The van der Waals surface area contributed by atoms with Crippen molar-refractivity contribution in [1.29, 1.82) is 0 Å². The second-order valence-corrected chi connectivity index (χ2v) is 9.28. The molecule has 160 valence electrons. The smallest absolute Gasteiger partial charge is 0.226 e. The summed E-state index contributed by atoms with van der Waals surface area (Å²) in [6.45, 7) is 5.39. The Bertz CT molecular complexity index is 695. The Morgan fingerprint density at radius 2 is 1.97 bits per heavy atom. The molecule has 1 aromatic rings. The molecule has 1 aliphatic heterocycles. The van der Waals surface area contributed by atoms with Crippen LogP contribution in [0.5, 0.6) is 5.75 Å². The van der Waals surface area contributed by atoms with Gasteiger partial charge in [0, 0.05) is 38.2 Å². The van der Waals surface area contributed by atoms with Gasteiger partial charge in [0.1, 0.15) is 5.75 Å². The van der Waals surface area contributed by atoms with E-state index in [0.717, 1.165) is 57.7 Å². The number of piperidine rings is 1. The summed E-state index contributed by atoms with van der Waals surface area (Å²) < 4.78 is 10.8. The van der Waals surface area contributed by atoms with Crippen LogP contribution in [0.15, 0.2) is 24.3 Å². The number of para-hydroxylation sites is 1. The van der Waals surface area contributed by atoms with Crippen LogP contribution in [0.25, 0.3) is 0 Å². The molecule has 1 aromatic carbocycles. The van der Waals surface area contributed by atoms with Crippen molar-refractivity contribution < 1.29 is 14.3 Å². The van der Waals surface area contributed by atoms with Crippen molar-refractivity contribution >= 4 is 5.91 Å². The van der Waals surface area contributed by atoms with Gasteiger partial charge in [-0.3, -0.25) is 9.69 Å². The quantitative estimate of drug-likeness (QED) is 0.635. The van der Waals surface area contributed by atoms with E-state index in [-0.39, 0.29) is 0 Å². The molecule has 1 saturated heterocycles. The first kappa shape index (κ1) is 20.7. The number of hydrogen-bond acceptors (Lipinski definition) is 4. The molecule has 0 N–H and O–H groups in total. The van der Waals surface area contributed by atoms with Gasteiger partial charge in [-0.25, -0.2) is 0 Å². The maximum atomic E-state index is 13.1. The number of nitrogens with zero attached hydrogens (tertiary/aromatic N) is 2. The van der Waals surface area contributed by atoms with Crippen LogP contribution in [0.1, 0.15) is 44.1 Å². The zero-order valence-electron chi connectivity index (χ0n) is 18.1. The van der Waals surface area contributed by atoms with E-state index in [0.29, 0.717) is 29.8 Å². The largest absolute Gasteiger partial charge is 0.496 e. The van der Waals surface area contributed by atoms with Crippen LogP contribution in [0.4, 0.5) is 0 Å². The van der Waals surface area contributed by atoms with Gasteiger partial charge in [-0.05, 0) is 62.6 Å². The summed E-state index contributed by atoms with van der Waals surface area (Å²) in [7, 11) is 3.47. The normalized spacial score (nSPS) is 23.6. The Hall–Kier alpha value is -1.59. The third-order valence-electron chi connectivity index (χ3n) is 7.49. The first-order chi connectivity index (χ1) is 14.1. The number of hydrogen-bond donors (Lipinski definition) is 0. The van der Waals surface area contributed by atoms with Gasteiger partial charge in [0.15, 0.2) is 0 Å². The highest BCUT2D eigenvalue weighted by Gasteiger charge is 2.61. The molecule has 2 aliphatic carbocycles. The fraction of sp³-hybridized carbons (Fsp3) is 0.708. The molecule has 4 rings (SSSR count). The highest BCUT2D eigenvalue weighted by atomic mass is 16.5. The topological polar surface area (TPSA) is 42.0 Å². The third kappa shape index (κ3) is 4.61. The molecule has 0 unspecified atom stereocenters. The molecule has 1 spiro atoms. The van der Waals surface area contributed by atoms with Gasteiger partial charge in [-0.1, -0.05) is 24.6 Å². The van der Waals surface area contributed by atoms with Crippen molar-refractivity contribution in [2.24, 2.45) is 17.3 Å². The lowest BCUT2D eigenvalue weighted by molar-refractivity contribution is -0.135. The molecule has 2 saturated carbocycles. The fourth-order valence-corrected chi connectivity index (χ4v) is 5.31. The molecule has 0 bridgehead atoms. The summed E-state index contributed by atoms with van der Waals surface area (Å²) >= 11 is 0. The van der Waals surface area contributed by atoms with Gasteiger partial charge < -0.3 is 14.4 Å². The van der Waals surface area contributed by atoms with Crippen LogP contribution < -0.4 is 4.74 Å². The Morgan fingerprint density at radius 3 is 2.59 bits per heavy atom. The zero-order chi connectivity index (χ0) is 20.3. The number of benzene rings is 1. The SMILES string of the molecule is COCCN(CC1CCN(Cc2ccccc2OC)CC1)C(=O)[C@@H]1CC12CCC2. The minimum Gasteiger partial charge on any atom is -0.496 e. The predicted octanol–water partition coefficient (Wildman–Crippen LogP) is 3.57. The first-order valence-corrected chi connectivity index (χ1v) is 11.3. The van der Waals surface area contributed by atoms with Gasteiger partial charge in [0.2, 0.25) is 5.91 Å². The number of methoxy groups -OCH3 is 2. The van der Waals surface area contributed by atoms with Gasteiger partial charge in [0.05, 0.1) is 13.7 Å². The van der Waals surface area contributed by atoms with Crippen LogP contribution in [-0.2, 0) is 16.1 Å². The molecule has 0 radical (unpaired) electrons. The fourth-order valence-electron chi connectivity index (χ4n) is 5.31. The second-order valence-electron chi connectivity index (χ2n) is 9.28. The molecule has 1 amide bonds. The molecule has 29 heavy (non-hydrogen) atoms. The zero-order valence-corrected chi connectivity index (χ0v) is 18.1. The van der Waals surface area contributed by atoms with E-state index < -0.39 is 0 Å². The highest BCUT2D eigenvalue weighted by Crippen LogP contribution is 2.65. The lowest BCUT2D eigenvalue weighted by atomic mass is 9.79. The van der Waals surface area contributed by atoms with E-state index in [1.54, 1.807) is 14.2 Å². The average Bonchev–Trinajstić information content (AvgIpc) is 3.49. The van der Waals surface area contributed by atoms with Crippen molar-refractivity contribution in [1.82, 2.24) is 9.80 Å². The van der Waals surface area contributed by atoms with Crippen molar-refractivity contribution in [3.05, 3.63) is 29.8 Å². The predicted molar refractivity (Wildman–Crippen MR) is 114 cm³/mol. The van der Waals surface area contributed by atoms with Crippen molar-refractivity contribution in [3.8, 4) is 5.75 Å².